The molecule has 0 aliphatic carbocycles. The van der Waals surface area contributed by atoms with Crippen LogP contribution >= 0.6 is 0 Å². The van der Waals surface area contributed by atoms with Crippen LogP contribution in [-0.4, -0.2) is 18.3 Å². The second-order valence-electron chi connectivity index (χ2n) is 4.22. The molecule has 2 rings (SSSR count). The number of benzene rings is 2. The molecule has 0 spiro atoms. The molecule has 0 radical (unpaired) electrons. The standard InChI is InChI=1S/C15H12N4O3/c16-9-13(20)11-6-2-4-8-14(11)22-15(21)10-5-1-3-7-12(10)18-19-17/h1-8H,9,16H2. The van der Waals surface area contributed by atoms with E-state index < -0.39 is 5.97 Å². The van der Waals surface area contributed by atoms with Gasteiger partial charge in [0.05, 0.1) is 23.4 Å². The van der Waals surface area contributed by atoms with Crippen LogP contribution in [0.15, 0.2) is 53.6 Å². The Morgan fingerprint density at radius 3 is 2.41 bits per heavy atom. The molecule has 0 aliphatic rings. The molecule has 7 heteroatoms. The topological polar surface area (TPSA) is 118 Å². The summed E-state index contributed by atoms with van der Waals surface area (Å²) in [5, 5.41) is 3.44. The molecule has 0 fully saturated rings. The third kappa shape index (κ3) is 3.29. The van der Waals surface area contributed by atoms with E-state index in [-0.39, 0.29) is 34.9 Å². The quantitative estimate of drug-likeness (QED) is 0.228. The van der Waals surface area contributed by atoms with Crippen molar-refractivity contribution in [3.8, 4) is 5.75 Å². The summed E-state index contributed by atoms with van der Waals surface area (Å²) in [4.78, 5) is 26.6. The van der Waals surface area contributed by atoms with Gasteiger partial charge < -0.3 is 10.5 Å². The molecule has 0 saturated carbocycles. The second-order valence-corrected chi connectivity index (χ2v) is 4.22. The third-order valence-corrected chi connectivity index (χ3v) is 2.85. The van der Waals surface area contributed by atoms with Crippen molar-refractivity contribution in [2.24, 2.45) is 10.8 Å². The summed E-state index contributed by atoms with van der Waals surface area (Å²) in [6, 6.07) is 12.5. The molecule has 2 aromatic carbocycles. The number of ether oxygens (including phenoxy) is 1. The highest BCUT2D eigenvalue weighted by Gasteiger charge is 2.16. The van der Waals surface area contributed by atoms with E-state index in [2.05, 4.69) is 10.0 Å². The number of rotatable bonds is 5. The fraction of sp³-hybridized carbons (Fsp3) is 0.0667. The fourth-order valence-corrected chi connectivity index (χ4v) is 1.83. The highest BCUT2D eigenvalue weighted by atomic mass is 16.5. The van der Waals surface area contributed by atoms with Crippen LogP contribution in [0.4, 0.5) is 5.69 Å². The van der Waals surface area contributed by atoms with E-state index in [1.165, 1.54) is 24.3 Å². The Labute approximate surface area is 125 Å². The van der Waals surface area contributed by atoms with Crippen LogP contribution in [0.5, 0.6) is 5.75 Å². The molecule has 0 amide bonds. The lowest BCUT2D eigenvalue weighted by atomic mass is 10.1. The molecule has 7 nitrogen and oxygen atoms in total. The molecule has 0 aromatic heterocycles. The average Bonchev–Trinajstić information content (AvgIpc) is 2.55. The lowest BCUT2D eigenvalue weighted by Gasteiger charge is -2.09. The van der Waals surface area contributed by atoms with E-state index in [1.54, 1.807) is 24.3 Å². The summed E-state index contributed by atoms with van der Waals surface area (Å²) < 4.78 is 5.24. The Kier molecular flexibility index (Phi) is 4.87. The summed E-state index contributed by atoms with van der Waals surface area (Å²) >= 11 is 0. The normalized spacial score (nSPS) is 9.68. The van der Waals surface area contributed by atoms with Crippen molar-refractivity contribution in [2.75, 3.05) is 6.54 Å². The third-order valence-electron chi connectivity index (χ3n) is 2.85. The first kappa shape index (κ1) is 15.2. The molecule has 0 unspecified atom stereocenters. The maximum Gasteiger partial charge on any atom is 0.344 e. The monoisotopic (exact) mass is 296 g/mol. The van der Waals surface area contributed by atoms with Crippen LogP contribution in [0, 0.1) is 0 Å². The Hall–Kier alpha value is -3.15. The minimum Gasteiger partial charge on any atom is -0.422 e. The van der Waals surface area contributed by atoms with Gasteiger partial charge in [0.2, 0.25) is 0 Å². The number of nitrogens with two attached hydrogens (primary N) is 1. The van der Waals surface area contributed by atoms with E-state index in [1.807, 2.05) is 0 Å². The van der Waals surface area contributed by atoms with E-state index in [9.17, 15) is 9.59 Å². The first-order chi connectivity index (χ1) is 10.7. The minimum atomic E-state index is -0.722. The van der Waals surface area contributed by atoms with Gasteiger partial charge in [0.1, 0.15) is 5.75 Å². The Morgan fingerprint density at radius 1 is 1.09 bits per heavy atom. The van der Waals surface area contributed by atoms with Crippen LogP contribution < -0.4 is 10.5 Å². The van der Waals surface area contributed by atoms with Crippen molar-refractivity contribution >= 4 is 17.4 Å². The zero-order valence-corrected chi connectivity index (χ0v) is 11.5. The van der Waals surface area contributed by atoms with E-state index in [0.29, 0.717) is 0 Å². The van der Waals surface area contributed by atoms with Gasteiger partial charge >= 0.3 is 5.97 Å². The van der Waals surface area contributed by atoms with Crippen molar-refractivity contribution < 1.29 is 14.3 Å². The van der Waals surface area contributed by atoms with Crippen molar-refractivity contribution in [1.82, 2.24) is 0 Å². The van der Waals surface area contributed by atoms with E-state index in [4.69, 9.17) is 16.0 Å². The van der Waals surface area contributed by atoms with Crippen LogP contribution in [-0.2, 0) is 0 Å². The maximum absolute atomic E-state index is 12.2. The number of nitrogens with zero attached hydrogens (tertiary/aromatic N) is 3. The molecule has 0 saturated heterocycles. The number of hydrogen-bond acceptors (Lipinski definition) is 5. The molecule has 2 N–H and O–H groups in total. The smallest absolute Gasteiger partial charge is 0.344 e. The van der Waals surface area contributed by atoms with E-state index >= 15 is 0 Å². The Morgan fingerprint density at radius 2 is 1.73 bits per heavy atom. The molecule has 110 valence electrons. The van der Waals surface area contributed by atoms with Gasteiger partial charge in [-0.15, -0.1) is 0 Å². The lowest BCUT2D eigenvalue weighted by Crippen LogP contribution is -2.17. The van der Waals surface area contributed by atoms with Gasteiger partial charge in [-0.25, -0.2) is 4.79 Å². The van der Waals surface area contributed by atoms with Gasteiger partial charge in [-0.1, -0.05) is 35.4 Å². The zero-order valence-electron chi connectivity index (χ0n) is 11.5. The number of Topliss-reactive ketones (excluding diaryl/α,β-unsaturated/α-hetero) is 1. The van der Waals surface area contributed by atoms with Crippen LogP contribution in [0.3, 0.4) is 0 Å². The number of azide groups is 1. The highest BCUT2D eigenvalue weighted by Crippen LogP contribution is 2.23. The molecular formula is C15H12N4O3. The SMILES string of the molecule is [N-]=[N+]=Nc1ccccc1C(=O)Oc1ccccc1C(=O)CN. The highest BCUT2D eigenvalue weighted by molar-refractivity contribution is 6.02. The van der Waals surface area contributed by atoms with Crippen molar-refractivity contribution in [2.45, 2.75) is 0 Å². The molecule has 22 heavy (non-hydrogen) atoms. The molecule has 0 aliphatic heterocycles. The molecule has 2 aromatic rings. The molecule has 0 bridgehead atoms. The maximum atomic E-state index is 12.2. The zero-order chi connectivity index (χ0) is 15.9. The van der Waals surface area contributed by atoms with Crippen LogP contribution in [0.2, 0.25) is 0 Å². The first-order valence-corrected chi connectivity index (χ1v) is 6.36. The number of ketones is 1. The summed E-state index contributed by atoms with van der Waals surface area (Å²) in [5.74, 6) is -0.953. The molecule has 0 atom stereocenters. The van der Waals surface area contributed by atoms with Gasteiger partial charge in [0.15, 0.2) is 5.78 Å². The number of para-hydroxylation sites is 1. The van der Waals surface area contributed by atoms with Gasteiger partial charge in [0.25, 0.3) is 0 Å². The van der Waals surface area contributed by atoms with Gasteiger partial charge in [0, 0.05) is 4.91 Å². The van der Waals surface area contributed by atoms with Gasteiger partial charge in [-0.3, -0.25) is 4.79 Å². The Balaban J connectivity index is 2.34. The summed E-state index contributed by atoms with van der Waals surface area (Å²) in [5.41, 5.74) is 14.3. The average molecular weight is 296 g/mol. The summed E-state index contributed by atoms with van der Waals surface area (Å²) in [6.45, 7) is -0.191. The van der Waals surface area contributed by atoms with Gasteiger partial charge in [-0.2, -0.15) is 0 Å². The fourth-order valence-electron chi connectivity index (χ4n) is 1.83. The number of carbonyl (C=O) groups is 2. The first-order valence-electron chi connectivity index (χ1n) is 6.36. The predicted molar refractivity (Wildman–Crippen MR) is 80.0 cm³/mol. The molecule has 0 heterocycles. The van der Waals surface area contributed by atoms with Crippen molar-refractivity contribution in [3.05, 3.63) is 70.1 Å². The number of hydrogen-bond donors (Lipinski definition) is 1. The predicted octanol–water partition coefficient (Wildman–Crippen LogP) is 2.99. The van der Waals surface area contributed by atoms with Gasteiger partial charge in [-0.05, 0) is 23.7 Å². The van der Waals surface area contributed by atoms with Crippen LogP contribution in [0.25, 0.3) is 10.4 Å². The van der Waals surface area contributed by atoms with Crippen molar-refractivity contribution in [3.63, 3.8) is 0 Å². The minimum absolute atomic E-state index is 0.107. The number of esters is 1. The largest absolute Gasteiger partial charge is 0.422 e. The summed E-state index contributed by atoms with van der Waals surface area (Å²) in [7, 11) is 0. The second kappa shape index (κ2) is 7.03. The Bertz CT molecular complexity index is 767. The molecular weight excluding hydrogens is 284 g/mol. The van der Waals surface area contributed by atoms with Crippen LogP contribution in [0.1, 0.15) is 20.7 Å². The van der Waals surface area contributed by atoms with Crippen molar-refractivity contribution in [1.29, 1.82) is 0 Å². The van der Waals surface area contributed by atoms with E-state index in [0.717, 1.165) is 0 Å². The summed E-state index contributed by atoms with van der Waals surface area (Å²) in [6.07, 6.45) is 0. The number of carbonyl (C=O) groups excluding carboxylic acids is 2. The lowest BCUT2D eigenvalue weighted by molar-refractivity contribution is 0.0733.